The molecule has 3 nitrogen and oxygen atoms in total. The Labute approximate surface area is 101 Å². The van der Waals surface area contributed by atoms with E-state index in [0.717, 1.165) is 24.8 Å². The largest absolute Gasteiger partial charge is 0.480 e. The summed E-state index contributed by atoms with van der Waals surface area (Å²) in [5.41, 5.74) is -0.268. The minimum Gasteiger partial charge on any atom is -0.480 e. The molecule has 0 amide bonds. The molecule has 1 aliphatic rings. The lowest BCUT2D eigenvalue weighted by atomic mass is 9.64. The molecule has 1 aliphatic carbocycles. The van der Waals surface area contributed by atoms with Crippen molar-refractivity contribution in [1.82, 2.24) is 0 Å². The second-order valence-corrected chi connectivity index (χ2v) is 4.60. The van der Waals surface area contributed by atoms with Gasteiger partial charge in [0, 0.05) is 5.92 Å². The van der Waals surface area contributed by atoms with Gasteiger partial charge in [0.05, 0.1) is 6.07 Å². The lowest BCUT2D eigenvalue weighted by Crippen LogP contribution is -2.38. The van der Waals surface area contributed by atoms with E-state index in [1.807, 2.05) is 30.3 Å². The number of carboxylic acid groups (broad SMARTS) is 1. The maximum Gasteiger partial charge on any atom is 0.324 e. The van der Waals surface area contributed by atoms with E-state index in [2.05, 4.69) is 6.07 Å². The highest BCUT2D eigenvalue weighted by molar-refractivity contribution is 5.79. The lowest BCUT2D eigenvalue weighted by Gasteiger charge is -2.35. The van der Waals surface area contributed by atoms with Gasteiger partial charge in [0.2, 0.25) is 0 Å². The van der Waals surface area contributed by atoms with Gasteiger partial charge in [-0.1, -0.05) is 43.2 Å². The van der Waals surface area contributed by atoms with Gasteiger partial charge in [0.1, 0.15) is 0 Å². The number of hydrogen-bond acceptors (Lipinski definition) is 2. The molecule has 0 saturated heterocycles. The van der Waals surface area contributed by atoms with E-state index < -0.39 is 11.4 Å². The number of rotatable bonds is 2. The second-order valence-electron chi connectivity index (χ2n) is 4.60. The molecule has 0 aliphatic heterocycles. The number of carboxylic acids is 1. The maximum atomic E-state index is 11.5. The molecule has 3 heteroatoms. The zero-order valence-corrected chi connectivity index (χ0v) is 9.60. The molecule has 2 rings (SSSR count). The van der Waals surface area contributed by atoms with Crippen molar-refractivity contribution in [3.63, 3.8) is 0 Å². The smallest absolute Gasteiger partial charge is 0.324 e. The van der Waals surface area contributed by atoms with Gasteiger partial charge in [0.15, 0.2) is 5.41 Å². The number of hydrogen-bond donors (Lipinski definition) is 1. The van der Waals surface area contributed by atoms with Gasteiger partial charge in [-0.25, -0.2) is 0 Å². The van der Waals surface area contributed by atoms with Crippen molar-refractivity contribution in [1.29, 1.82) is 5.26 Å². The predicted octanol–water partition coefficient (Wildman–Crippen LogP) is 2.94. The number of carbonyl (C=O) groups is 1. The van der Waals surface area contributed by atoms with Gasteiger partial charge in [-0.15, -0.1) is 0 Å². The van der Waals surface area contributed by atoms with Gasteiger partial charge in [-0.3, -0.25) is 4.79 Å². The first kappa shape index (κ1) is 11.7. The summed E-state index contributed by atoms with van der Waals surface area (Å²) in [4.78, 5) is 11.5. The molecule has 1 N–H and O–H groups in total. The van der Waals surface area contributed by atoms with Gasteiger partial charge in [-0.05, 0) is 18.4 Å². The van der Waals surface area contributed by atoms with Crippen LogP contribution in [0.4, 0.5) is 0 Å². The van der Waals surface area contributed by atoms with E-state index >= 15 is 0 Å². The van der Waals surface area contributed by atoms with Gasteiger partial charge >= 0.3 is 5.97 Å². The van der Waals surface area contributed by atoms with Gasteiger partial charge < -0.3 is 5.11 Å². The van der Waals surface area contributed by atoms with Crippen LogP contribution in [0.3, 0.4) is 0 Å². The fourth-order valence-electron chi connectivity index (χ4n) is 2.75. The summed E-state index contributed by atoms with van der Waals surface area (Å²) < 4.78 is 0. The Morgan fingerprint density at radius 2 is 2.06 bits per heavy atom. The Hall–Kier alpha value is -1.82. The predicted molar refractivity (Wildman–Crippen MR) is 63.3 cm³/mol. The van der Waals surface area contributed by atoms with Crippen LogP contribution >= 0.6 is 0 Å². The molecule has 1 fully saturated rings. The van der Waals surface area contributed by atoms with Gasteiger partial charge in [0.25, 0.3) is 0 Å². The summed E-state index contributed by atoms with van der Waals surface area (Å²) >= 11 is 0. The Kier molecular flexibility index (Phi) is 3.14. The van der Waals surface area contributed by atoms with Crippen LogP contribution in [-0.2, 0) is 4.79 Å². The molecule has 0 aromatic heterocycles. The van der Waals surface area contributed by atoms with Crippen LogP contribution in [0.2, 0.25) is 0 Å². The molecule has 88 valence electrons. The third kappa shape index (κ3) is 1.91. The average Bonchev–Trinajstić information content (AvgIpc) is 2.39. The van der Waals surface area contributed by atoms with Crippen molar-refractivity contribution < 1.29 is 9.90 Å². The monoisotopic (exact) mass is 229 g/mol. The van der Waals surface area contributed by atoms with Crippen molar-refractivity contribution in [2.45, 2.75) is 31.6 Å². The van der Waals surface area contributed by atoms with Crippen molar-refractivity contribution in [3.8, 4) is 6.07 Å². The molecular formula is C14H15NO2. The Morgan fingerprint density at radius 3 is 2.65 bits per heavy atom. The topological polar surface area (TPSA) is 61.1 Å². The van der Waals surface area contributed by atoms with Gasteiger partial charge in [-0.2, -0.15) is 5.26 Å². The first-order valence-electron chi connectivity index (χ1n) is 5.90. The molecule has 0 radical (unpaired) electrons. The van der Waals surface area contributed by atoms with Crippen LogP contribution in [0.1, 0.15) is 37.2 Å². The third-order valence-electron chi connectivity index (χ3n) is 3.69. The van der Waals surface area contributed by atoms with Crippen LogP contribution in [-0.4, -0.2) is 11.1 Å². The first-order chi connectivity index (χ1) is 8.20. The molecule has 17 heavy (non-hydrogen) atoms. The molecule has 2 atom stereocenters. The summed E-state index contributed by atoms with van der Waals surface area (Å²) in [6.07, 6.45) is 3.06. The molecule has 0 heterocycles. The summed E-state index contributed by atoms with van der Waals surface area (Å²) in [5.74, 6) is -1.16. The fourth-order valence-corrected chi connectivity index (χ4v) is 2.75. The Morgan fingerprint density at radius 1 is 1.35 bits per heavy atom. The molecular weight excluding hydrogens is 214 g/mol. The lowest BCUT2D eigenvalue weighted by molar-refractivity contribution is -0.148. The van der Waals surface area contributed by atoms with E-state index in [9.17, 15) is 15.2 Å². The van der Waals surface area contributed by atoms with Crippen molar-refractivity contribution in [3.05, 3.63) is 35.9 Å². The highest BCUT2D eigenvalue weighted by Crippen LogP contribution is 2.47. The number of aliphatic carboxylic acids is 1. The minimum absolute atomic E-state index is 0.181. The van der Waals surface area contributed by atoms with Crippen molar-refractivity contribution in [2.24, 2.45) is 5.41 Å². The fraction of sp³-hybridized carbons (Fsp3) is 0.429. The first-order valence-corrected chi connectivity index (χ1v) is 5.90. The zero-order valence-electron chi connectivity index (χ0n) is 9.60. The van der Waals surface area contributed by atoms with E-state index in [1.54, 1.807) is 0 Å². The van der Waals surface area contributed by atoms with Crippen LogP contribution in [0.5, 0.6) is 0 Å². The Balaban J connectivity index is 2.43. The number of nitrogens with zero attached hydrogens (tertiary/aromatic N) is 1. The molecule has 0 spiro atoms. The third-order valence-corrected chi connectivity index (χ3v) is 3.69. The highest BCUT2D eigenvalue weighted by Gasteiger charge is 2.48. The second kappa shape index (κ2) is 4.58. The Bertz CT molecular complexity index is 449. The van der Waals surface area contributed by atoms with Crippen molar-refractivity contribution in [2.75, 3.05) is 0 Å². The summed E-state index contributed by atoms with van der Waals surface area (Å²) in [5, 5.41) is 18.7. The molecule has 1 saturated carbocycles. The van der Waals surface area contributed by atoms with Crippen LogP contribution in [0.15, 0.2) is 30.3 Å². The zero-order chi connectivity index (χ0) is 12.3. The summed E-state index contributed by atoms with van der Waals surface area (Å²) in [7, 11) is 0. The van der Waals surface area contributed by atoms with Crippen LogP contribution in [0.25, 0.3) is 0 Å². The normalized spacial score (nSPS) is 28.3. The SMILES string of the molecule is N#C[C@@]1(C(=O)O)CCCCC1c1ccccc1. The average molecular weight is 229 g/mol. The van der Waals surface area contributed by atoms with Crippen LogP contribution in [0, 0.1) is 16.7 Å². The quantitative estimate of drug-likeness (QED) is 0.848. The molecule has 1 unspecified atom stereocenters. The van der Waals surface area contributed by atoms with Crippen molar-refractivity contribution >= 4 is 5.97 Å². The van der Waals surface area contributed by atoms with Crippen LogP contribution < -0.4 is 0 Å². The summed E-state index contributed by atoms with van der Waals surface area (Å²) in [6.45, 7) is 0. The molecule has 0 bridgehead atoms. The molecule has 1 aromatic rings. The standard InChI is InChI=1S/C14H15NO2/c15-10-14(13(16)17)9-5-4-8-12(14)11-6-2-1-3-7-11/h1-3,6-7,12H,4-5,8-9H2,(H,16,17)/t12?,14-/m0/s1. The minimum atomic E-state index is -1.24. The number of nitriles is 1. The highest BCUT2D eigenvalue weighted by atomic mass is 16.4. The van der Waals surface area contributed by atoms with E-state index in [-0.39, 0.29) is 5.92 Å². The number of benzene rings is 1. The maximum absolute atomic E-state index is 11.5. The van der Waals surface area contributed by atoms with E-state index in [4.69, 9.17) is 0 Å². The molecule has 1 aromatic carbocycles. The summed E-state index contributed by atoms with van der Waals surface area (Å²) in [6, 6.07) is 11.6. The van der Waals surface area contributed by atoms with E-state index in [1.165, 1.54) is 0 Å². The van der Waals surface area contributed by atoms with E-state index in [0.29, 0.717) is 6.42 Å².